The third kappa shape index (κ3) is 3.29. The maximum atomic E-state index is 12.7. The summed E-state index contributed by atoms with van der Waals surface area (Å²) in [6, 6.07) is 0. The molecule has 6 heteroatoms. The van der Waals surface area contributed by atoms with Gasteiger partial charge in [0.2, 0.25) is 0 Å². The summed E-state index contributed by atoms with van der Waals surface area (Å²) in [6.45, 7) is 3.53. The van der Waals surface area contributed by atoms with Gasteiger partial charge in [0.25, 0.3) is 0 Å². The predicted octanol–water partition coefficient (Wildman–Crippen LogP) is 3.87. The molecule has 0 heterocycles. The Morgan fingerprint density at radius 3 is 1.50 bits per heavy atom. The number of hydrogen-bond acceptors (Lipinski definition) is 1. The molecule has 64 valence electrons. The van der Waals surface area contributed by atoms with E-state index >= 15 is 0 Å². The Hall–Kier alpha value is 0.830. The van der Waals surface area contributed by atoms with Gasteiger partial charge in [-0.1, -0.05) is 0 Å². The second-order valence-electron chi connectivity index (χ2n) is 1.82. The average molecular weight is 212 g/mol. The van der Waals surface area contributed by atoms with Crippen molar-refractivity contribution in [2.45, 2.75) is 13.8 Å². The fourth-order valence-corrected chi connectivity index (χ4v) is 2.79. The van der Waals surface area contributed by atoms with Crippen LogP contribution in [0, 0.1) is 0 Å². The summed E-state index contributed by atoms with van der Waals surface area (Å²) in [5.41, 5.74) is 0. The zero-order valence-electron chi connectivity index (χ0n) is 5.82. The van der Waals surface area contributed by atoms with Gasteiger partial charge in [-0.25, -0.2) is 0 Å². The monoisotopic (exact) mass is 211 g/mol. The van der Waals surface area contributed by atoms with Crippen molar-refractivity contribution in [2.75, 3.05) is 13.1 Å². The number of hydrogen-bond donors (Lipinski definition) is 0. The SMILES string of the molecule is CCN(CC)P(F)(F)(Cl)Cl. The van der Waals surface area contributed by atoms with Gasteiger partial charge in [-0.15, -0.1) is 0 Å². The fourth-order valence-electron chi connectivity index (χ4n) is 0.651. The van der Waals surface area contributed by atoms with Crippen LogP contribution in [0.15, 0.2) is 0 Å². The molecule has 1 nitrogen and oxygen atoms in total. The van der Waals surface area contributed by atoms with E-state index in [0.29, 0.717) is 0 Å². The van der Waals surface area contributed by atoms with Crippen LogP contribution in [0.25, 0.3) is 0 Å². The molecule has 0 aliphatic carbocycles. The van der Waals surface area contributed by atoms with Crippen molar-refractivity contribution in [3.63, 3.8) is 0 Å². The Kier molecular flexibility index (Phi) is 3.31. The van der Waals surface area contributed by atoms with Gasteiger partial charge in [0, 0.05) is 0 Å². The fraction of sp³-hybridized carbons (Fsp3) is 1.00. The van der Waals surface area contributed by atoms with Crippen molar-refractivity contribution < 1.29 is 8.39 Å². The third-order valence-corrected chi connectivity index (χ3v) is 3.86. The van der Waals surface area contributed by atoms with Crippen LogP contribution >= 0.6 is 28.6 Å². The molecular weight excluding hydrogens is 202 g/mol. The van der Waals surface area contributed by atoms with Crippen molar-refractivity contribution in [1.82, 2.24) is 4.67 Å². The molecule has 0 rings (SSSR count). The van der Waals surface area contributed by atoms with E-state index in [0.717, 1.165) is 4.67 Å². The summed E-state index contributed by atoms with van der Waals surface area (Å²) in [6.07, 6.45) is -5.47. The minimum atomic E-state index is -5.47. The average Bonchev–Trinajstić information content (AvgIpc) is 1.62. The van der Waals surface area contributed by atoms with Crippen molar-refractivity contribution in [3.8, 4) is 0 Å². The molecule has 0 radical (unpaired) electrons. The zero-order chi connectivity index (χ0) is 8.44. The van der Waals surface area contributed by atoms with E-state index in [-0.39, 0.29) is 13.1 Å². The van der Waals surface area contributed by atoms with Gasteiger partial charge in [0.05, 0.1) is 0 Å². The molecule has 0 spiro atoms. The van der Waals surface area contributed by atoms with Crippen LogP contribution in [0.2, 0.25) is 0 Å². The van der Waals surface area contributed by atoms with E-state index in [1.807, 2.05) is 0 Å². The maximum absolute atomic E-state index is 12.7. The number of nitrogens with zero attached hydrogens (tertiary/aromatic N) is 1. The molecule has 10 heavy (non-hydrogen) atoms. The van der Waals surface area contributed by atoms with E-state index in [4.69, 9.17) is 22.5 Å². The van der Waals surface area contributed by atoms with Gasteiger partial charge in [-0.05, 0) is 0 Å². The second kappa shape index (κ2) is 3.06. The third-order valence-electron chi connectivity index (χ3n) is 1.16. The van der Waals surface area contributed by atoms with Crippen LogP contribution in [-0.4, -0.2) is 17.8 Å². The molecule has 0 N–H and O–H groups in total. The second-order valence-corrected chi connectivity index (χ2v) is 7.74. The number of halogens is 4. The summed E-state index contributed by atoms with van der Waals surface area (Å²) in [7, 11) is 0. The van der Waals surface area contributed by atoms with Gasteiger partial charge in [-0.2, -0.15) is 0 Å². The molecule has 0 aromatic heterocycles. The van der Waals surface area contributed by atoms with Gasteiger partial charge >= 0.3 is 68.6 Å². The van der Waals surface area contributed by atoms with Crippen molar-refractivity contribution >= 4 is 28.6 Å². The van der Waals surface area contributed by atoms with Crippen LogP contribution in [0.4, 0.5) is 8.39 Å². The van der Waals surface area contributed by atoms with Crippen LogP contribution in [-0.2, 0) is 0 Å². The molecule has 0 aromatic rings. The first kappa shape index (κ1) is 10.8. The van der Waals surface area contributed by atoms with Crippen LogP contribution in [0.1, 0.15) is 13.8 Å². The first-order valence-electron chi connectivity index (χ1n) is 2.92. The van der Waals surface area contributed by atoms with Gasteiger partial charge in [0.15, 0.2) is 0 Å². The molecule has 0 aromatic carbocycles. The topological polar surface area (TPSA) is 3.24 Å². The Morgan fingerprint density at radius 1 is 1.20 bits per heavy atom. The van der Waals surface area contributed by atoms with E-state index in [1.165, 1.54) is 0 Å². The van der Waals surface area contributed by atoms with E-state index in [9.17, 15) is 8.39 Å². The Balaban J connectivity index is 4.28. The summed E-state index contributed by atoms with van der Waals surface area (Å²) in [5.74, 6) is 0. The van der Waals surface area contributed by atoms with Crippen LogP contribution in [0.5, 0.6) is 0 Å². The normalized spacial score (nSPS) is 16.9. The van der Waals surface area contributed by atoms with E-state index in [1.54, 1.807) is 13.8 Å². The zero-order valence-corrected chi connectivity index (χ0v) is 8.23. The first-order chi connectivity index (χ1) is 4.28. The van der Waals surface area contributed by atoms with E-state index < -0.39 is 6.08 Å². The molecule has 0 bridgehead atoms. The quantitative estimate of drug-likeness (QED) is 0.641. The molecule has 0 saturated heterocycles. The molecule has 0 fully saturated rings. The van der Waals surface area contributed by atoms with Gasteiger partial charge in [0.1, 0.15) is 0 Å². The van der Waals surface area contributed by atoms with Crippen molar-refractivity contribution in [3.05, 3.63) is 0 Å². The van der Waals surface area contributed by atoms with Crippen LogP contribution < -0.4 is 0 Å². The molecule has 0 unspecified atom stereocenters. The summed E-state index contributed by atoms with van der Waals surface area (Å²) < 4.78 is 26.1. The predicted molar refractivity (Wildman–Crippen MR) is 43.8 cm³/mol. The Labute approximate surface area is 69.1 Å². The summed E-state index contributed by atoms with van der Waals surface area (Å²) in [5, 5.41) is 0. The van der Waals surface area contributed by atoms with Gasteiger partial charge in [-0.3, -0.25) is 0 Å². The molecule has 0 aliphatic rings. The first-order valence-corrected chi connectivity index (χ1v) is 6.70. The standard InChI is InChI=1S/C4H10Cl2F2NP/c1-3-9(4-2)10(5,6,7)8/h3-4H2,1-2H3. The molecule has 0 aliphatic heterocycles. The molecule has 0 amide bonds. The van der Waals surface area contributed by atoms with E-state index in [2.05, 4.69) is 0 Å². The Morgan fingerprint density at radius 2 is 1.50 bits per heavy atom. The van der Waals surface area contributed by atoms with Crippen LogP contribution in [0.3, 0.4) is 0 Å². The summed E-state index contributed by atoms with van der Waals surface area (Å²) in [4.78, 5) is 0. The summed E-state index contributed by atoms with van der Waals surface area (Å²) >= 11 is 9.69. The van der Waals surface area contributed by atoms with Crippen molar-refractivity contribution in [1.29, 1.82) is 0 Å². The van der Waals surface area contributed by atoms with Gasteiger partial charge < -0.3 is 0 Å². The number of rotatable bonds is 3. The molecule has 0 atom stereocenters. The molecule has 0 saturated carbocycles. The van der Waals surface area contributed by atoms with Crippen molar-refractivity contribution in [2.24, 2.45) is 0 Å². The Bertz CT molecular complexity index is 111. The molecular formula is C4H10Cl2F2NP. The minimum absolute atomic E-state index is 0.175.